The maximum absolute atomic E-state index is 11.9. The van der Waals surface area contributed by atoms with E-state index in [4.69, 9.17) is 9.47 Å². The number of hydrogen-bond acceptors (Lipinski definition) is 7. The molecule has 1 aromatic heterocycles. The van der Waals surface area contributed by atoms with Gasteiger partial charge in [-0.25, -0.2) is 4.79 Å². The largest absolute Gasteiger partial charge is 0.463 e. The van der Waals surface area contributed by atoms with Gasteiger partial charge in [-0.3, -0.25) is 14.2 Å². The summed E-state index contributed by atoms with van der Waals surface area (Å²) in [6, 6.07) is 1.46. The van der Waals surface area contributed by atoms with Crippen molar-refractivity contribution < 1.29 is 24.2 Å². The highest BCUT2D eigenvalue weighted by Crippen LogP contribution is 2.27. The number of hydrogen-bond donors (Lipinski definition) is 2. The van der Waals surface area contributed by atoms with Crippen LogP contribution in [-0.2, 0) is 19.1 Å². The zero-order valence-electron chi connectivity index (χ0n) is 12.2. The second kappa shape index (κ2) is 6.67. The Morgan fingerprint density at radius 2 is 2.27 bits per heavy atom. The minimum atomic E-state index is -0.855. The van der Waals surface area contributed by atoms with Gasteiger partial charge in [0.05, 0.1) is 6.10 Å². The van der Waals surface area contributed by atoms with Crippen molar-refractivity contribution in [3.63, 3.8) is 0 Å². The fourth-order valence-electron chi connectivity index (χ4n) is 2.12. The number of nitrogens with zero attached hydrogens (tertiary/aromatic N) is 2. The molecule has 1 amide bonds. The van der Waals surface area contributed by atoms with Gasteiger partial charge < -0.3 is 19.9 Å². The number of amides is 1. The fraction of sp³-hybridized carbons (Fsp3) is 0.538. The van der Waals surface area contributed by atoms with Crippen molar-refractivity contribution in [3.05, 3.63) is 22.7 Å². The van der Waals surface area contributed by atoms with E-state index in [1.165, 1.54) is 30.7 Å². The molecule has 2 heterocycles. The first-order valence-corrected chi connectivity index (χ1v) is 6.70. The number of carbonyl (C=O) groups is 2. The lowest BCUT2D eigenvalue weighted by atomic mass is 10.2. The molecule has 1 saturated heterocycles. The van der Waals surface area contributed by atoms with Crippen LogP contribution in [0.4, 0.5) is 5.82 Å². The molecule has 1 aromatic rings. The van der Waals surface area contributed by atoms with Gasteiger partial charge >= 0.3 is 11.7 Å². The average molecular weight is 311 g/mol. The van der Waals surface area contributed by atoms with Crippen molar-refractivity contribution in [2.45, 2.75) is 38.7 Å². The molecule has 0 unspecified atom stereocenters. The number of aliphatic hydroxyl groups is 1. The van der Waals surface area contributed by atoms with Crippen molar-refractivity contribution >= 4 is 17.7 Å². The Morgan fingerprint density at radius 1 is 1.55 bits per heavy atom. The van der Waals surface area contributed by atoms with E-state index in [-0.39, 0.29) is 24.8 Å². The van der Waals surface area contributed by atoms with E-state index in [1.54, 1.807) is 0 Å². The van der Waals surface area contributed by atoms with Crippen LogP contribution in [0.25, 0.3) is 0 Å². The molecule has 2 N–H and O–H groups in total. The molecule has 0 aromatic carbocycles. The second-order valence-corrected chi connectivity index (χ2v) is 4.92. The maximum Gasteiger partial charge on any atom is 0.351 e. The molecule has 9 heteroatoms. The summed E-state index contributed by atoms with van der Waals surface area (Å²) in [4.78, 5) is 37.4. The molecule has 22 heavy (non-hydrogen) atoms. The van der Waals surface area contributed by atoms with Crippen LogP contribution in [0.1, 0.15) is 26.5 Å². The minimum Gasteiger partial charge on any atom is -0.463 e. The third-order valence-electron chi connectivity index (χ3n) is 3.10. The van der Waals surface area contributed by atoms with Crippen molar-refractivity contribution in [1.29, 1.82) is 0 Å². The molecule has 1 aliphatic rings. The van der Waals surface area contributed by atoms with Gasteiger partial charge in [0.1, 0.15) is 24.8 Å². The highest BCUT2D eigenvalue weighted by atomic mass is 16.6. The number of rotatable bonds is 4. The molecule has 1 fully saturated rings. The van der Waals surface area contributed by atoms with E-state index in [0.717, 1.165) is 0 Å². The maximum atomic E-state index is 11.9. The second-order valence-electron chi connectivity index (χ2n) is 4.92. The van der Waals surface area contributed by atoms with Crippen LogP contribution in [0.3, 0.4) is 0 Å². The van der Waals surface area contributed by atoms with Crippen LogP contribution in [-0.4, -0.2) is 45.3 Å². The fourth-order valence-corrected chi connectivity index (χ4v) is 2.12. The molecule has 0 spiro atoms. The van der Waals surface area contributed by atoms with Crippen molar-refractivity contribution in [1.82, 2.24) is 9.55 Å². The van der Waals surface area contributed by atoms with Gasteiger partial charge in [0.15, 0.2) is 0 Å². The van der Waals surface area contributed by atoms with Crippen LogP contribution < -0.4 is 11.0 Å². The van der Waals surface area contributed by atoms with E-state index in [1.807, 2.05) is 0 Å². The average Bonchev–Trinajstić information content (AvgIpc) is 2.77. The van der Waals surface area contributed by atoms with Crippen molar-refractivity contribution in [2.75, 3.05) is 11.9 Å². The van der Waals surface area contributed by atoms with Crippen LogP contribution in [0, 0.1) is 0 Å². The van der Waals surface area contributed by atoms with Gasteiger partial charge in [-0.15, -0.1) is 0 Å². The Balaban J connectivity index is 2.08. The highest BCUT2D eigenvalue weighted by Gasteiger charge is 2.36. The number of aliphatic hydroxyl groups excluding tert-OH is 1. The smallest absolute Gasteiger partial charge is 0.351 e. The number of carbonyl (C=O) groups excluding carboxylic acids is 2. The summed E-state index contributed by atoms with van der Waals surface area (Å²) in [5.41, 5.74) is -0.614. The number of ether oxygens (including phenoxy) is 2. The number of nitrogens with one attached hydrogen (secondary N) is 1. The zero-order valence-corrected chi connectivity index (χ0v) is 12.2. The van der Waals surface area contributed by atoms with E-state index in [0.29, 0.717) is 0 Å². The Hall–Kier alpha value is -2.26. The summed E-state index contributed by atoms with van der Waals surface area (Å²) in [6.07, 6.45) is -0.664. The van der Waals surface area contributed by atoms with Gasteiger partial charge in [-0.2, -0.15) is 4.98 Å². The van der Waals surface area contributed by atoms with Crippen molar-refractivity contribution in [2.24, 2.45) is 0 Å². The Bertz CT molecular complexity index is 628. The molecule has 0 bridgehead atoms. The monoisotopic (exact) mass is 311 g/mol. The molecule has 1 aliphatic heterocycles. The van der Waals surface area contributed by atoms with Gasteiger partial charge in [0.2, 0.25) is 5.91 Å². The summed E-state index contributed by atoms with van der Waals surface area (Å²) in [5, 5.41) is 12.3. The lowest BCUT2D eigenvalue weighted by molar-refractivity contribution is -0.147. The molecule has 0 saturated carbocycles. The molecule has 0 radical (unpaired) electrons. The molecule has 0 aliphatic carbocycles. The summed E-state index contributed by atoms with van der Waals surface area (Å²) < 4.78 is 11.5. The van der Waals surface area contributed by atoms with Crippen LogP contribution in [0.5, 0.6) is 0 Å². The topological polar surface area (TPSA) is 120 Å². The zero-order chi connectivity index (χ0) is 16.3. The minimum absolute atomic E-state index is 0.0842. The first kappa shape index (κ1) is 16.1. The predicted octanol–water partition coefficient (Wildman–Crippen LogP) is -0.587. The lowest BCUT2D eigenvalue weighted by Crippen LogP contribution is -2.29. The Kier molecular flexibility index (Phi) is 4.88. The normalized spacial score (nSPS) is 24.0. The van der Waals surface area contributed by atoms with Gasteiger partial charge in [0.25, 0.3) is 0 Å². The first-order valence-electron chi connectivity index (χ1n) is 6.70. The molecule has 9 nitrogen and oxygen atoms in total. The van der Waals surface area contributed by atoms with E-state index < -0.39 is 30.1 Å². The van der Waals surface area contributed by atoms with E-state index in [2.05, 4.69) is 10.3 Å². The first-order chi connectivity index (χ1) is 10.4. The Labute approximate surface area is 125 Å². The Morgan fingerprint density at radius 3 is 2.86 bits per heavy atom. The quantitative estimate of drug-likeness (QED) is 0.713. The SMILES string of the molecule is CC(=O)Nc1ccn([C@H]2C[C@H](O)[C@@H](COC(C)=O)O2)c(=O)n1. The summed E-state index contributed by atoms with van der Waals surface area (Å²) in [6.45, 7) is 2.48. The number of esters is 1. The van der Waals surface area contributed by atoms with Crippen molar-refractivity contribution in [3.8, 4) is 0 Å². The molecule has 2 rings (SSSR count). The van der Waals surface area contributed by atoms with Gasteiger partial charge in [-0.1, -0.05) is 0 Å². The number of anilines is 1. The summed E-state index contributed by atoms with van der Waals surface area (Å²) >= 11 is 0. The third kappa shape index (κ3) is 3.89. The van der Waals surface area contributed by atoms with E-state index >= 15 is 0 Å². The van der Waals surface area contributed by atoms with Gasteiger partial charge in [0, 0.05) is 26.5 Å². The van der Waals surface area contributed by atoms with Crippen LogP contribution >= 0.6 is 0 Å². The highest BCUT2D eigenvalue weighted by molar-refractivity contribution is 5.87. The number of aromatic nitrogens is 2. The molecule has 120 valence electrons. The van der Waals surface area contributed by atoms with Crippen LogP contribution in [0.2, 0.25) is 0 Å². The molecular formula is C13H17N3O6. The lowest BCUT2D eigenvalue weighted by Gasteiger charge is -2.15. The third-order valence-corrected chi connectivity index (χ3v) is 3.10. The molecular weight excluding hydrogens is 294 g/mol. The van der Waals surface area contributed by atoms with Gasteiger partial charge in [-0.05, 0) is 6.07 Å². The summed E-state index contributed by atoms with van der Waals surface area (Å²) in [5.74, 6) is -0.667. The van der Waals surface area contributed by atoms with E-state index in [9.17, 15) is 19.5 Å². The summed E-state index contributed by atoms with van der Waals surface area (Å²) in [7, 11) is 0. The molecule has 3 atom stereocenters. The predicted molar refractivity (Wildman–Crippen MR) is 74.0 cm³/mol. The standard InChI is InChI=1S/C13H17N3O6/c1-7(17)14-11-3-4-16(13(20)15-11)12-5-9(19)10(22-12)6-21-8(2)18/h3-4,9-10,12,19H,5-6H2,1-2H3,(H,14,15,17,20)/t9-,10+,12+/m0/s1. The van der Waals surface area contributed by atoms with Crippen LogP contribution in [0.15, 0.2) is 17.1 Å².